The number of thiocarbonyl (C=S) groups is 1. The number of nitrogens with one attached hydrogen (secondary N) is 2. The Balaban J connectivity index is 1.50. The van der Waals surface area contributed by atoms with Crippen LogP contribution in [0.15, 0.2) is 24.3 Å². The predicted octanol–water partition coefficient (Wildman–Crippen LogP) is 4.80. The van der Waals surface area contributed by atoms with Gasteiger partial charge in [0.15, 0.2) is 5.11 Å². The van der Waals surface area contributed by atoms with E-state index in [9.17, 15) is 4.79 Å². The lowest BCUT2D eigenvalue weighted by Gasteiger charge is -2.64. The minimum Gasteiger partial charge on any atom is -0.332 e. The Morgan fingerprint density at radius 3 is 2.32 bits per heavy atom. The summed E-state index contributed by atoms with van der Waals surface area (Å²) in [7, 11) is 0. The lowest BCUT2D eigenvalue weighted by Crippen LogP contribution is -2.60. The largest absolute Gasteiger partial charge is 0.332 e. The van der Waals surface area contributed by atoms with E-state index in [0.717, 1.165) is 30.5 Å². The van der Waals surface area contributed by atoms with Crippen LogP contribution < -0.4 is 10.6 Å². The third-order valence-electron chi connectivity index (χ3n) is 6.73. The van der Waals surface area contributed by atoms with Gasteiger partial charge in [0.05, 0.1) is 5.41 Å². The summed E-state index contributed by atoms with van der Waals surface area (Å²) in [6.07, 6.45) is 6.94. The zero-order valence-corrected chi connectivity index (χ0v) is 16.3. The summed E-state index contributed by atoms with van der Waals surface area (Å²) in [6, 6.07) is 7.99. The van der Waals surface area contributed by atoms with Gasteiger partial charge in [-0.3, -0.25) is 4.79 Å². The van der Waals surface area contributed by atoms with Gasteiger partial charge in [-0.25, -0.2) is 0 Å². The Morgan fingerprint density at radius 1 is 1.08 bits per heavy atom. The summed E-state index contributed by atoms with van der Waals surface area (Å²) in [6.45, 7) is 6.82. The SMILES string of the molecule is Cc1ccccc1NC(=S)NC(=O)C12CC3C[C@@](C)(C1)C[C@](C)(C3)C2. The fourth-order valence-corrected chi connectivity index (χ4v) is 7.01. The van der Waals surface area contributed by atoms with Crippen molar-refractivity contribution < 1.29 is 4.79 Å². The monoisotopic (exact) mass is 356 g/mol. The van der Waals surface area contributed by atoms with Crippen molar-refractivity contribution in [1.29, 1.82) is 0 Å². The Kier molecular flexibility index (Phi) is 3.77. The first-order chi connectivity index (χ1) is 11.7. The van der Waals surface area contributed by atoms with Gasteiger partial charge in [-0.15, -0.1) is 0 Å². The van der Waals surface area contributed by atoms with Gasteiger partial charge in [0.25, 0.3) is 0 Å². The molecular weight excluding hydrogens is 328 g/mol. The van der Waals surface area contributed by atoms with Crippen LogP contribution >= 0.6 is 12.2 Å². The summed E-state index contributed by atoms with van der Waals surface area (Å²) in [5, 5.41) is 6.64. The van der Waals surface area contributed by atoms with E-state index >= 15 is 0 Å². The molecule has 4 aliphatic carbocycles. The number of hydrogen-bond donors (Lipinski definition) is 2. The highest BCUT2D eigenvalue weighted by Crippen LogP contribution is 2.69. The molecule has 2 unspecified atom stereocenters. The highest BCUT2D eigenvalue weighted by Gasteiger charge is 2.62. The molecule has 134 valence electrons. The van der Waals surface area contributed by atoms with Crippen molar-refractivity contribution in [3.05, 3.63) is 29.8 Å². The van der Waals surface area contributed by atoms with Gasteiger partial charge in [-0.05, 0) is 86.0 Å². The molecule has 25 heavy (non-hydrogen) atoms. The van der Waals surface area contributed by atoms with Crippen molar-refractivity contribution in [2.45, 2.75) is 59.3 Å². The second-order valence-electron chi connectivity index (χ2n) is 9.63. The molecule has 4 aliphatic rings. The molecule has 1 amide bonds. The van der Waals surface area contributed by atoms with Crippen LogP contribution in [-0.2, 0) is 4.79 Å². The van der Waals surface area contributed by atoms with Crippen molar-refractivity contribution in [3.8, 4) is 0 Å². The van der Waals surface area contributed by atoms with Crippen molar-refractivity contribution in [3.63, 3.8) is 0 Å². The normalized spacial score (nSPS) is 38.4. The average molecular weight is 357 g/mol. The summed E-state index contributed by atoms with van der Waals surface area (Å²) in [5.41, 5.74) is 2.51. The Bertz CT molecular complexity index is 725. The predicted molar refractivity (Wildman–Crippen MR) is 105 cm³/mol. The maximum absolute atomic E-state index is 13.2. The molecule has 0 radical (unpaired) electrons. The van der Waals surface area contributed by atoms with E-state index < -0.39 is 0 Å². The van der Waals surface area contributed by atoms with Gasteiger partial charge < -0.3 is 10.6 Å². The first-order valence-electron chi connectivity index (χ1n) is 9.39. The van der Waals surface area contributed by atoms with Gasteiger partial charge >= 0.3 is 0 Å². The third-order valence-corrected chi connectivity index (χ3v) is 6.93. The van der Waals surface area contributed by atoms with Crippen LogP contribution in [0.2, 0.25) is 0 Å². The quantitative estimate of drug-likeness (QED) is 0.748. The first kappa shape index (κ1) is 17.0. The van der Waals surface area contributed by atoms with Crippen LogP contribution in [0.5, 0.6) is 0 Å². The van der Waals surface area contributed by atoms with Crippen LogP contribution in [0, 0.1) is 29.1 Å². The number of para-hydroxylation sites is 1. The maximum atomic E-state index is 13.2. The topological polar surface area (TPSA) is 41.1 Å². The van der Waals surface area contributed by atoms with Gasteiger partial charge in [-0.2, -0.15) is 0 Å². The zero-order valence-electron chi connectivity index (χ0n) is 15.4. The minimum atomic E-state index is -0.222. The second kappa shape index (κ2) is 5.54. The highest BCUT2D eigenvalue weighted by atomic mass is 32.1. The molecule has 1 aromatic carbocycles. The van der Waals surface area contributed by atoms with Crippen molar-refractivity contribution in [2.75, 3.05) is 5.32 Å². The van der Waals surface area contributed by atoms with Crippen LogP contribution in [0.25, 0.3) is 0 Å². The van der Waals surface area contributed by atoms with Crippen LogP contribution in [0.3, 0.4) is 0 Å². The molecule has 4 fully saturated rings. The fraction of sp³-hybridized carbons (Fsp3) is 0.619. The van der Waals surface area contributed by atoms with Crippen LogP contribution in [-0.4, -0.2) is 11.0 Å². The molecule has 4 heteroatoms. The molecular formula is C21H28N2OS. The lowest BCUT2D eigenvalue weighted by molar-refractivity contribution is -0.168. The molecule has 3 nitrogen and oxygen atoms in total. The first-order valence-corrected chi connectivity index (χ1v) is 9.80. The zero-order chi connectivity index (χ0) is 17.9. The molecule has 0 heterocycles. The van der Waals surface area contributed by atoms with Gasteiger partial charge in [0, 0.05) is 5.69 Å². The van der Waals surface area contributed by atoms with E-state index in [1.54, 1.807) is 0 Å². The number of aryl methyl sites for hydroxylation is 1. The lowest BCUT2D eigenvalue weighted by atomic mass is 9.40. The minimum absolute atomic E-state index is 0.139. The maximum Gasteiger partial charge on any atom is 0.232 e. The smallest absolute Gasteiger partial charge is 0.232 e. The molecule has 5 rings (SSSR count). The average Bonchev–Trinajstić information content (AvgIpc) is 2.45. The third kappa shape index (κ3) is 2.99. The number of carbonyl (C=O) groups is 1. The molecule has 2 N–H and O–H groups in total. The summed E-state index contributed by atoms with van der Waals surface area (Å²) >= 11 is 5.44. The summed E-state index contributed by atoms with van der Waals surface area (Å²) < 4.78 is 0. The number of anilines is 1. The second-order valence-corrected chi connectivity index (χ2v) is 10.0. The molecule has 4 saturated carbocycles. The van der Waals surface area contributed by atoms with Crippen LogP contribution in [0.1, 0.15) is 57.9 Å². The highest BCUT2D eigenvalue weighted by molar-refractivity contribution is 7.80. The van der Waals surface area contributed by atoms with E-state index in [1.165, 1.54) is 19.3 Å². The number of amides is 1. The van der Waals surface area contributed by atoms with Crippen molar-refractivity contribution in [2.24, 2.45) is 22.2 Å². The van der Waals surface area contributed by atoms with Gasteiger partial charge in [0.2, 0.25) is 5.91 Å². The van der Waals surface area contributed by atoms with E-state index in [2.05, 4.69) is 24.5 Å². The number of benzene rings is 1. The number of hydrogen-bond acceptors (Lipinski definition) is 2. The molecule has 0 saturated heterocycles. The number of carbonyl (C=O) groups excluding carboxylic acids is 1. The molecule has 0 spiro atoms. The van der Waals surface area contributed by atoms with E-state index in [1.807, 2.05) is 31.2 Å². The van der Waals surface area contributed by atoms with E-state index in [0.29, 0.717) is 21.9 Å². The summed E-state index contributed by atoms with van der Waals surface area (Å²) in [4.78, 5) is 13.2. The Morgan fingerprint density at radius 2 is 1.72 bits per heavy atom. The van der Waals surface area contributed by atoms with Crippen molar-refractivity contribution >= 4 is 28.9 Å². The van der Waals surface area contributed by atoms with E-state index in [-0.39, 0.29) is 11.3 Å². The standard InChI is InChI=1S/C21H28N2OS/c1-14-6-4-5-7-16(14)22-18(25)23-17(24)21-10-15-8-19(2,12-21)11-20(3,9-15)13-21/h4-7,15H,8-13H2,1-3H3,(H2,22,23,24,25)/t15?,19-,20+,21?. The molecule has 1 aromatic rings. The van der Waals surface area contributed by atoms with Gasteiger partial charge in [0.1, 0.15) is 0 Å². The molecule has 0 aliphatic heterocycles. The molecule has 0 aromatic heterocycles. The Labute approximate surface area is 156 Å². The molecule has 4 atom stereocenters. The Hall–Kier alpha value is -1.42. The summed E-state index contributed by atoms with van der Waals surface area (Å²) in [5.74, 6) is 0.843. The van der Waals surface area contributed by atoms with Crippen molar-refractivity contribution in [1.82, 2.24) is 5.32 Å². The van der Waals surface area contributed by atoms with Crippen LogP contribution in [0.4, 0.5) is 5.69 Å². The van der Waals surface area contributed by atoms with Gasteiger partial charge in [-0.1, -0.05) is 32.0 Å². The molecule has 4 bridgehead atoms. The number of rotatable bonds is 2. The fourth-order valence-electron chi connectivity index (χ4n) is 6.80. The van der Waals surface area contributed by atoms with E-state index in [4.69, 9.17) is 12.2 Å².